The van der Waals surface area contributed by atoms with Crippen LogP contribution in [0.3, 0.4) is 0 Å². The number of fused-ring (bicyclic) bond motifs is 1. The minimum atomic E-state index is 0.681. The number of rotatable bonds is 2. The first-order valence-corrected chi connectivity index (χ1v) is 6.66. The van der Waals surface area contributed by atoms with E-state index in [4.69, 9.17) is 4.74 Å². The van der Waals surface area contributed by atoms with Crippen LogP contribution in [0.5, 0.6) is 5.75 Å². The van der Waals surface area contributed by atoms with E-state index in [-0.39, 0.29) is 0 Å². The Hall–Kier alpha value is 0.0600. The molecule has 1 heterocycles. The van der Waals surface area contributed by atoms with Crippen LogP contribution in [-0.2, 0) is 0 Å². The average molecular weight is 336 g/mol. The molecule has 2 aromatic rings. The first-order valence-electron chi connectivity index (χ1n) is 4.25. The number of hydrogen-bond acceptors (Lipinski definition) is 3. The first-order chi connectivity index (χ1) is 6.74. The molecular weight excluding hydrogens is 327 g/mol. The second-order valence-corrected chi connectivity index (χ2v) is 5.33. The predicted octanol–water partition coefficient (Wildman–Crippen LogP) is 4.19. The molecular formula is C10H9IOS2. The van der Waals surface area contributed by atoms with E-state index in [1.165, 1.54) is 10.1 Å². The molecule has 0 unspecified atom stereocenters. The summed E-state index contributed by atoms with van der Waals surface area (Å²) < 4.78 is 7.95. The summed E-state index contributed by atoms with van der Waals surface area (Å²) in [7, 11) is 0. The number of hydrogen-bond donors (Lipinski definition) is 1. The molecule has 0 spiro atoms. The van der Waals surface area contributed by atoms with Gasteiger partial charge in [0.05, 0.1) is 16.2 Å². The highest BCUT2D eigenvalue weighted by atomic mass is 127. The van der Waals surface area contributed by atoms with Crippen LogP contribution in [0.4, 0.5) is 0 Å². The Morgan fingerprint density at radius 1 is 1.57 bits per heavy atom. The van der Waals surface area contributed by atoms with Gasteiger partial charge in [0.25, 0.3) is 0 Å². The van der Waals surface area contributed by atoms with E-state index in [0.29, 0.717) is 6.61 Å². The Labute approximate surface area is 106 Å². The van der Waals surface area contributed by atoms with Crippen molar-refractivity contribution in [3.05, 3.63) is 21.1 Å². The molecule has 0 amide bonds. The quantitative estimate of drug-likeness (QED) is 0.639. The van der Waals surface area contributed by atoms with Gasteiger partial charge in [-0.1, -0.05) is 0 Å². The van der Waals surface area contributed by atoms with Crippen LogP contribution in [0, 0.1) is 3.57 Å². The van der Waals surface area contributed by atoms with Crippen molar-refractivity contribution >= 4 is 56.6 Å². The standard InChI is InChI=1S/C10H9IOS2/c1-2-12-8-9(13)7(11)5-6-3-4-14-10(6)8/h3-5,13H,2H2,1H3. The predicted molar refractivity (Wildman–Crippen MR) is 73.0 cm³/mol. The summed E-state index contributed by atoms with van der Waals surface area (Å²) >= 11 is 8.45. The molecule has 0 N–H and O–H groups in total. The van der Waals surface area contributed by atoms with Crippen molar-refractivity contribution in [2.45, 2.75) is 11.8 Å². The van der Waals surface area contributed by atoms with Gasteiger partial charge in [-0.25, -0.2) is 0 Å². The molecule has 1 aromatic carbocycles. The number of thiol groups is 1. The normalized spacial score (nSPS) is 10.8. The van der Waals surface area contributed by atoms with Crippen LogP contribution in [-0.4, -0.2) is 6.61 Å². The molecule has 0 atom stereocenters. The first kappa shape index (κ1) is 10.6. The van der Waals surface area contributed by atoms with E-state index >= 15 is 0 Å². The Bertz CT molecular complexity index is 464. The smallest absolute Gasteiger partial charge is 0.151 e. The van der Waals surface area contributed by atoms with Crippen LogP contribution in [0.1, 0.15) is 6.92 Å². The highest BCUT2D eigenvalue weighted by molar-refractivity contribution is 14.1. The second kappa shape index (κ2) is 4.28. The Balaban J connectivity index is 2.73. The molecule has 0 aliphatic carbocycles. The van der Waals surface area contributed by atoms with Crippen molar-refractivity contribution in [1.82, 2.24) is 0 Å². The van der Waals surface area contributed by atoms with Gasteiger partial charge in [0.2, 0.25) is 0 Å². The van der Waals surface area contributed by atoms with Crippen molar-refractivity contribution in [2.24, 2.45) is 0 Å². The van der Waals surface area contributed by atoms with E-state index < -0.39 is 0 Å². The molecule has 0 fully saturated rings. The van der Waals surface area contributed by atoms with Crippen LogP contribution >= 0.6 is 46.6 Å². The average Bonchev–Trinajstić information content (AvgIpc) is 2.60. The zero-order chi connectivity index (χ0) is 10.1. The van der Waals surface area contributed by atoms with Crippen LogP contribution in [0.2, 0.25) is 0 Å². The molecule has 0 saturated heterocycles. The lowest BCUT2D eigenvalue weighted by atomic mass is 10.2. The fraction of sp³-hybridized carbons (Fsp3) is 0.200. The van der Waals surface area contributed by atoms with Gasteiger partial charge in [-0.05, 0) is 52.4 Å². The summed E-state index contributed by atoms with van der Waals surface area (Å²) in [4.78, 5) is 0.947. The molecule has 0 radical (unpaired) electrons. The number of benzene rings is 1. The van der Waals surface area contributed by atoms with E-state index in [0.717, 1.165) is 14.2 Å². The van der Waals surface area contributed by atoms with E-state index in [1.807, 2.05) is 6.92 Å². The summed E-state index contributed by atoms with van der Waals surface area (Å²) in [6.45, 7) is 2.67. The van der Waals surface area contributed by atoms with Crippen LogP contribution < -0.4 is 4.74 Å². The molecule has 4 heteroatoms. The third-order valence-electron chi connectivity index (χ3n) is 1.91. The molecule has 1 nitrogen and oxygen atoms in total. The van der Waals surface area contributed by atoms with E-state index in [1.54, 1.807) is 11.3 Å². The third-order valence-corrected chi connectivity index (χ3v) is 4.56. The Kier molecular flexibility index (Phi) is 3.23. The van der Waals surface area contributed by atoms with Gasteiger partial charge in [-0.2, -0.15) is 0 Å². The number of halogens is 1. The minimum Gasteiger partial charge on any atom is -0.491 e. The summed E-state index contributed by atoms with van der Waals surface area (Å²) in [5.41, 5.74) is 0. The maximum absolute atomic E-state index is 5.62. The van der Waals surface area contributed by atoms with Crippen molar-refractivity contribution in [3.63, 3.8) is 0 Å². The fourth-order valence-electron chi connectivity index (χ4n) is 1.32. The highest BCUT2D eigenvalue weighted by Crippen LogP contribution is 2.38. The molecule has 74 valence electrons. The van der Waals surface area contributed by atoms with Gasteiger partial charge in [0.1, 0.15) is 0 Å². The zero-order valence-corrected chi connectivity index (χ0v) is 11.4. The van der Waals surface area contributed by atoms with Crippen molar-refractivity contribution in [1.29, 1.82) is 0 Å². The van der Waals surface area contributed by atoms with Gasteiger partial charge in [0, 0.05) is 3.57 Å². The highest BCUT2D eigenvalue weighted by Gasteiger charge is 2.11. The topological polar surface area (TPSA) is 9.23 Å². The molecule has 14 heavy (non-hydrogen) atoms. The van der Waals surface area contributed by atoms with Gasteiger partial charge < -0.3 is 4.74 Å². The largest absolute Gasteiger partial charge is 0.491 e. The number of ether oxygens (including phenoxy) is 1. The summed E-state index contributed by atoms with van der Waals surface area (Å²) in [6, 6.07) is 4.25. The second-order valence-electron chi connectivity index (χ2n) is 2.81. The molecule has 0 bridgehead atoms. The van der Waals surface area contributed by atoms with Gasteiger partial charge in [-0.15, -0.1) is 24.0 Å². The monoisotopic (exact) mass is 336 g/mol. The van der Waals surface area contributed by atoms with Crippen molar-refractivity contribution in [3.8, 4) is 5.75 Å². The van der Waals surface area contributed by atoms with Crippen LogP contribution in [0.15, 0.2) is 22.4 Å². The minimum absolute atomic E-state index is 0.681. The maximum atomic E-state index is 5.62. The lowest BCUT2D eigenvalue weighted by Gasteiger charge is -2.09. The van der Waals surface area contributed by atoms with Crippen LogP contribution in [0.25, 0.3) is 10.1 Å². The lowest BCUT2D eigenvalue weighted by Crippen LogP contribution is -1.94. The van der Waals surface area contributed by atoms with Crippen molar-refractivity contribution < 1.29 is 4.74 Å². The summed E-state index contributed by atoms with van der Waals surface area (Å²) in [5.74, 6) is 0.924. The molecule has 0 saturated carbocycles. The Morgan fingerprint density at radius 2 is 2.36 bits per heavy atom. The fourth-order valence-corrected chi connectivity index (χ4v) is 3.10. The molecule has 0 aliphatic heterocycles. The van der Waals surface area contributed by atoms with Gasteiger partial charge in [0.15, 0.2) is 5.75 Å². The molecule has 1 aromatic heterocycles. The lowest BCUT2D eigenvalue weighted by molar-refractivity contribution is 0.337. The summed E-state index contributed by atoms with van der Waals surface area (Å²) in [5, 5.41) is 3.32. The van der Waals surface area contributed by atoms with E-state index in [2.05, 4.69) is 52.7 Å². The van der Waals surface area contributed by atoms with Crippen molar-refractivity contribution in [2.75, 3.05) is 6.61 Å². The third kappa shape index (κ3) is 1.75. The molecule has 0 aliphatic rings. The van der Waals surface area contributed by atoms with Gasteiger partial charge in [-0.3, -0.25) is 0 Å². The molecule has 2 rings (SSSR count). The Morgan fingerprint density at radius 3 is 3.07 bits per heavy atom. The van der Waals surface area contributed by atoms with Gasteiger partial charge >= 0.3 is 0 Å². The maximum Gasteiger partial charge on any atom is 0.151 e. The zero-order valence-electron chi connectivity index (χ0n) is 7.58. The number of thiophene rings is 1. The summed E-state index contributed by atoms with van der Waals surface area (Å²) in [6.07, 6.45) is 0. The SMILES string of the molecule is CCOc1c(S)c(I)cc2ccsc12. The van der Waals surface area contributed by atoms with E-state index in [9.17, 15) is 0 Å².